The van der Waals surface area contributed by atoms with Gasteiger partial charge in [0.1, 0.15) is 0 Å². The van der Waals surface area contributed by atoms with E-state index in [1.165, 1.54) is 0 Å². The minimum absolute atomic E-state index is 0.157. The van der Waals surface area contributed by atoms with Crippen LogP contribution in [0.3, 0.4) is 0 Å². The summed E-state index contributed by atoms with van der Waals surface area (Å²) in [5.41, 5.74) is 0.850. The van der Waals surface area contributed by atoms with Crippen molar-refractivity contribution in [2.75, 3.05) is 0 Å². The Hall–Kier alpha value is -0.910. The second-order valence-electron chi connectivity index (χ2n) is 5.14. The molecule has 0 saturated heterocycles. The van der Waals surface area contributed by atoms with Crippen LogP contribution < -0.4 is 4.72 Å². The van der Waals surface area contributed by atoms with Crippen LogP contribution in [0.4, 0.5) is 0 Å². The number of aliphatic hydroxyl groups is 1. The van der Waals surface area contributed by atoms with Crippen LogP contribution in [0.2, 0.25) is 0 Å². The van der Waals surface area contributed by atoms with Gasteiger partial charge in [-0.05, 0) is 43.4 Å². The van der Waals surface area contributed by atoms with E-state index in [2.05, 4.69) is 4.72 Å². The number of sulfonamides is 1. The predicted octanol–water partition coefficient (Wildman–Crippen LogP) is 2.73. The Morgan fingerprint density at radius 3 is 2.15 bits per heavy atom. The van der Waals surface area contributed by atoms with Crippen molar-refractivity contribution in [2.45, 2.75) is 64.0 Å². The number of hydrogen-bond acceptors (Lipinski definition) is 3. The zero-order valence-electron chi connectivity index (χ0n) is 12.7. The van der Waals surface area contributed by atoms with Gasteiger partial charge in [0, 0.05) is 5.54 Å². The number of rotatable bonds is 7. The Morgan fingerprint density at radius 2 is 1.70 bits per heavy atom. The first-order valence-electron chi connectivity index (χ1n) is 7.09. The molecule has 0 bridgehead atoms. The molecule has 0 amide bonds. The first-order chi connectivity index (χ1) is 9.35. The summed E-state index contributed by atoms with van der Waals surface area (Å²) in [7, 11) is -3.58. The average Bonchev–Trinajstić information content (AvgIpc) is 2.45. The third-order valence-corrected chi connectivity index (χ3v) is 5.96. The Morgan fingerprint density at radius 1 is 1.15 bits per heavy atom. The van der Waals surface area contributed by atoms with Crippen LogP contribution in [0, 0.1) is 6.92 Å². The number of benzene rings is 1. The second-order valence-corrected chi connectivity index (χ2v) is 6.80. The van der Waals surface area contributed by atoms with Gasteiger partial charge >= 0.3 is 0 Å². The molecule has 2 N–H and O–H groups in total. The summed E-state index contributed by atoms with van der Waals surface area (Å²) in [6, 6.07) is 4.99. The quantitative estimate of drug-likeness (QED) is 0.813. The molecular formula is C15H25NO3S. The lowest BCUT2D eigenvalue weighted by Crippen LogP contribution is -2.47. The van der Waals surface area contributed by atoms with Crippen LogP contribution in [0.1, 0.15) is 51.2 Å². The van der Waals surface area contributed by atoms with E-state index >= 15 is 0 Å². The van der Waals surface area contributed by atoms with E-state index in [1.54, 1.807) is 25.1 Å². The fourth-order valence-electron chi connectivity index (χ4n) is 2.43. The minimum atomic E-state index is -3.58. The summed E-state index contributed by atoms with van der Waals surface area (Å²) in [4.78, 5) is 0.253. The zero-order chi connectivity index (χ0) is 15.4. The van der Waals surface area contributed by atoms with Gasteiger partial charge in [-0.2, -0.15) is 0 Å². The lowest BCUT2D eigenvalue weighted by atomic mass is 9.91. The molecule has 1 aromatic carbocycles. The maximum Gasteiger partial charge on any atom is 0.241 e. The first-order valence-corrected chi connectivity index (χ1v) is 8.57. The van der Waals surface area contributed by atoms with E-state index in [0.29, 0.717) is 11.1 Å². The van der Waals surface area contributed by atoms with Crippen molar-refractivity contribution in [3.63, 3.8) is 0 Å². The van der Waals surface area contributed by atoms with E-state index < -0.39 is 15.6 Å². The summed E-state index contributed by atoms with van der Waals surface area (Å²) < 4.78 is 28.1. The minimum Gasteiger partial charge on any atom is -0.392 e. The monoisotopic (exact) mass is 299 g/mol. The Balaban J connectivity index is 3.24. The molecule has 4 nitrogen and oxygen atoms in total. The zero-order valence-corrected chi connectivity index (χ0v) is 13.5. The van der Waals surface area contributed by atoms with Crippen LogP contribution in [-0.4, -0.2) is 19.1 Å². The highest BCUT2D eigenvalue weighted by Gasteiger charge is 2.31. The predicted molar refractivity (Wildman–Crippen MR) is 81.0 cm³/mol. The summed E-state index contributed by atoms with van der Waals surface area (Å²) in [5.74, 6) is 0. The first kappa shape index (κ1) is 17.1. The summed E-state index contributed by atoms with van der Waals surface area (Å²) in [5, 5.41) is 9.26. The molecule has 1 aromatic rings. The van der Waals surface area contributed by atoms with E-state index in [0.717, 1.165) is 19.3 Å². The molecule has 0 spiro atoms. The van der Waals surface area contributed by atoms with Crippen LogP contribution in [-0.2, 0) is 16.6 Å². The van der Waals surface area contributed by atoms with E-state index in [-0.39, 0.29) is 11.5 Å². The van der Waals surface area contributed by atoms with Gasteiger partial charge in [-0.25, -0.2) is 13.1 Å². The molecule has 0 unspecified atom stereocenters. The standard InChI is InChI=1S/C15H25NO3S/c1-5-15(6-2,7-3)16-20(18,19)14-10-8-9-13(11-17)12(14)4/h8-10,16-17H,5-7,11H2,1-4H3. The van der Waals surface area contributed by atoms with E-state index in [9.17, 15) is 13.5 Å². The van der Waals surface area contributed by atoms with Gasteiger partial charge in [0.05, 0.1) is 11.5 Å². The maximum absolute atomic E-state index is 12.6. The summed E-state index contributed by atoms with van der Waals surface area (Å²) >= 11 is 0. The molecule has 5 heteroatoms. The van der Waals surface area contributed by atoms with E-state index in [1.807, 2.05) is 20.8 Å². The van der Waals surface area contributed by atoms with Gasteiger partial charge in [0.2, 0.25) is 10.0 Å². The number of aliphatic hydroxyl groups excluding tert-OH is 1. The van der Waals surface area contributed by atoms with Gasteiger partial charge in [-0.1, -0.05) is 32.9 Å². The van der Waals surface area contributed by atoms with Crippen molar-refractivity contribution < 1.29 is 13.5 Å². The van der Waals surface area contributed by atoms with Crippen molar-refractivity contribution in [1.29, 1.82) is 0 Å². The van der Waals surface area contributed by atoms with Gasteiger partial charge in [-0.15, -0.1) is 0 Å². The molecule has 0 saturated carbocycles. The van der Waals surface area contributed by atoms with Crippen molar-refractivity contribution in [1.82, 2.24) is 4.72 Å². The van der Waals surface area contributed by atoms with Crippen molar-refractivity contribution >= 4 is 10.0 Å². The smallest absolute Gasteiger partial charge is 0.241 e. The molecule has 0 atom stereocenters. The molecule has 0 aliphatic heterocycles. The fraction of sp³-hybridized carbons (Fsp3) is 0.600. The van der Waals surface area contributed by atoms with Gasteiger partial charge in [-0.3, -0.25) is 0 Å². The van der Waals surface area contributed by atoms with Crippen LogP contribution in [0.5, 0.6) is 0 Å². The van der Waals surface area contributed by atoms with Crippen molar-refractivity contribution in [3.8, 4) is 0 Å². The Bertz CT molecular complexity index is 540. The Labute approximate surface area is 122 Å². The Kier molecular flexibility index (Phi) is 5.74. The van der Waals surface area contributed by atoms with Gasteiger partial charge in [0.25, 0.3) is 0 Å². The highest BCUT2D eigenvalue weighted by Crippen LogP contribution is 2.25. The maximum atomic E-state index is 12.6. The fourth-order valence-corrected chi connectivity index (χ4v) is 4.33. The van der Waals surface area contributed by atoms with Crippen LogP contribution >= 0.6 is 0 Å². The summed E-state index contributed by atoms with van der Waals surface area (Å²) in [6.45, 7) is 7.55. The molecular weight excluding hydrogens is 274 g/mol. The average molecular weight is 299 g/mol. The third-order valence-electron chi connectivity index (χ3n) is 4.24. The van der Waals surface area contributed by atoms with Crippen molar-refractivity contribution in [3.05, 3.63) is 29.3 Å². The number of nitrogens with one attached hydrogen (secondary N) is 1. The molecule has 0 aromatic heterocycles. The van der Waals surface area contributed by atoms with Crippen LogP contribution in [0.25, 0.3) is 0 Å². The van der Waals surface area contributed by atoms with Gasteiger partial charge in [0.15, 0.2) is 0 Å². The number of hydrogen-bond donors (Lipinski definition) is 2. The van der Waals surface area contributed by atoms with E-state index in [4.69, 9.17) is 0 Å². The molecule has 0 heterocycles. The normalized spacial score (nSPS) is 12.7. The molecule has 1 rings (SSSR count). The van der Waals surface area contributed by atoms with Crippen molar-refractivity contribution in [2.24, 2.45) is 0 Å². The topological polar surface area (TPSA) is 66.4 Å². The molecule has 0 fully saturated rings. The lowest BCUT2D eigenvalue weighted by Gasteiger charge is -2.31. The lowest BCUT2D eigenvalue weighted by molar-refractivity contribution is 0.280. The molecule has 20 heavy (non-hydrogen) atoms. The van der Waals surface area contributed by atoms with Gasteiger partial charge < -0.3 is 5.11 Å². The molecule has 114 valence electrons. The SMILES string of the molecule is CCC(CC)(CC)NS(=O)(=O)c1cccc(CO)c1C. The summed E-state index contributed by atoms with van der Waals surface area (Å²) in [6.07, 6.45) is 2.24. The third kappa shape index (κ3) is 3.40. The molecule has 0 aliphatic carbocycles. The second kappa shape index (κ2) is 6.70. The molecule has 0 radical (unpaired) electrons. The van der Waals surface area contributed by atoms with Crippen LogP contribution in [0.15, 0.2) is 23.1 Å². The highest BCUT2D eigenvalue weighted by atomic mass is 32.2. The largest absolute Gasteiger partial charge is 0.392 e. The highest BCUT2D eigenvalue weighted by molar-refractivity contribution is 7.89. The molecule has 0 aliphatic rings.